The lowest BCUT2D eigenvalue weighted by atomic mass is 9.98. The molecule has 1 heterocycles. The minimum atomic E-state index is -3.25. The van der Waals surface area contributed by atoms with E-state index in [4.69, 9.17) is 16.7 Å². The summed E-state index contributed by atoms with van der Waals surface area (Å²) in [6, 6.07) is 3.67. The SMILES string of the molecule is Cl.OCC(F)(F)[C@H](c1cc(Br)ccc1Cl)N1CCNCC1. The van der Waals surface area contributed by atoms with E-state index < -0.39 is 18.6 Å². The first-order valence-electron chi connectivity index (χ1n) is 6.34. The van der Waals surface area contributed by atoms with E-state index in [9.17, 15) is 8.78 Å². The molecule has 1 aromatic rings. The Morgan fingerprint density at radius 1 is 1.38 bits per heavy atom. The van der Waals surface area contributed by atoms with Crippen LogP contribution in [0.4, 0.5) is 8.78 Å². The van der Waals surface area contributed by atoms with Crippen LogP contribution >= 0.6 is 39.9 Å². The third-order valence-corrected chi connectivity index (χ3v) is 4.22. The summed E-state index contributed by atoms with van der Waals surface area (Å²) >= 11 is 9.38. The van der Waals surface area contributed by atoms with E-state index in [1.165, 1.54) is 0 Å². The molecule has 1 aromatic carbocycles. The Hall–Kier alpha value is 0.0200. The number of alkyl halides is 2. The normalized spacial score (nSPS) is 18.1. The third kappa shape index (κ3) is 4.50. The van der Waals surface area contributed by atoms with Crippen molar-refractivity contribution in [1.29, 1.82) is 0 Å². The smallest absolute Gasteiger partial charge is 0.289 e. The van der Waals surface area contributed by atoms with Crippen LogP contribution in [-0.4, -0.2) is 48.7 Å². The second-order valence-electron chi connectivity index (χ2n) is 4.77. The van der Waals surface area contributed by atoms with Crippen LogP contribution in [0.15, 0.2) is 22.7 Å². The van der Waals surface area contributed by atoms with Crippen molar-refractivity contribution in [2.24, 2.45) is 0 Å². The summed E-state index contributed by atoms with van der Waals surface area (Å²) in [6.07, 6.45) is 0. The topological polar surface area (TPSA) is 35.5 Å². The van der Waals surface area contributed by atoms with Crippen LogP contribution in [-0.2, 0) is 0 Å². The summed E-state index contributed by atoms with van der Waals surface area (Å²) in [4.78, 5) is 1.67. The molecule has 1 saturated heterocycles. The van der Waals surface area contributed by atoms with Gasteiger partial charge in [0.25, 0.3) is 5.92 Å². The fourth-order valence-electron chi connectivity index (χ4n) is 2.44. The maximum atomic E-state index is 14.2. The monoisotopic (exact) mass is 404 g/mol. The molecule has 2 N–H and O–H groups in total. The summed E-state index contributed by atoms with van der Waals surface area (Å²) in [5.74, 6) is -3.25. The maximum Gasteiger partial charge on any atom is 0.289 e. The standard InChI is InChI=1S/C13H16BrClF2N2O.ClH/c14-9-1-2-11(15)10(7-9)12(13(16,17)8-20)19-5-3-18-4-6-19;/h1-2,7,12,18,20H,3-6,8H2;1H/t12-;/m0./s1. The summed E-state index contributed by atoms with van der Waals surface area (Å²) < 4.78 is 29.1. The fraction of sp³-hybridized carbons (Fsp3) is 0.538. The number of rotatable bonds is 4. The van der Waals surface area contributed by atoms with Gasteiger partial charge in [-0.1, -0.05) is 27.5 Å². The van der Waals surface area contributed by atoms with E-state index in [2.05, 4.69) is 21.2 Å². The van der Waals surface area contributed by atoms with Crippen LogP contribution < -0.4 is 5.32 Å². The zero-order chi connectivity index (χ0) is 14.8. The van der Waals surface area contributed by atoms with E-state index in [0.717, 1.165) is 0 Å². The molecule has 0 amide bonds. The molecular weight excluding hydrogens is 389 g/mol. The zero-order valence-corrected chi connectivity index (χ0v) is 14.3. The van der Waals surface area contributed by atoms with Gasteiger partial charge < -0.3 is 10.4 Å². The van der Waals surface area contributed by atoms with E-state index in [1.54, 1.807) is 23.1 Å². The van der Waals surface area contributed by atoms with Crippen LogP contribution in [0.25, 0.3) is 0 Å². The molecule has 0 bridgehead atoms. The Labute approximate surface area is 142 Å². The zero-order valence-electron chi connectivity index (χ0n) is 11.2. The maximum absolute atomic E-state index is 14.2. The minimum Gasteiger partial charge on any atom is -0.390 e. The highest BCUT2D eigenvalue weighted by Crippen LogP contribution is 2.40. The molecular formula is C13H17BrCl2F2N2O. The van der Waals surface area contributed by atoms with Crippen molar-refractivity contribution in [2.75, 3.05) is 32.8 Å². The quantitative estimate of drug-likeness (QED) is 0.807. The van der Waals surface area contributed by atoms with Crippen molar-refractivity contribution in [1.82, 2.24) is 10.2 Å². The lowest BCUT2D eigenvalue weighted by Gasteiger charge is -2.39. The molecule has 1 atom stereocenters. The van der Waals surface area contributed by atoms with Crippen molar-refractivity contribution < 1.29 is 13.9 Å². The molecule has 0 saturated carbocycles. The molecule has 3 nitrogen and oxygen atoms in total. The van der Waals surface area contributed by atoms with Gasteiger partial charge in [0, 0.05) is 35.7 Å². The first-order valence-corrected chi connectivity index (χ1v) is 7.51. The van der Waals surface area contributed by atoms with Gasteiger partial charge >= 0.3 is 0 Å². The fourth-order valence-corrected chi connectivity index (χ4v) is 3.04. The second-order valence-corrected chi connectivity index (χ2v) is 6.10. The van der Waals surface area contributed by atoms with E-state index in [-0.39, 0.29) is 17.4 Å². The van der Waals surface area contributed by atoms with Crippen molar-refractivity contribution in [3.05, 3.63) is 33.3 Å². The Kier molecular flexibility index (Phi) is 7.30. The highest BCUT2D eigenvalue weighted by molar-refractivity contribution is 9.10. The molecule has 120 valence electrons. The number of benzene rings is 1. The van der Waals surface area contributed by atoms with Crippen LogP contribution in [0.1, 0.15) is 11.6 Å². The number of halogens is 5. The molecule has 0 aromatic heterocycles. The van der Waals surface area contributed by atoms with Gasteiger partial charge in [-0.2, -0.15) is 0 Å². The predicted molar refractivity (Wildman–Crippen MR) is 85.6 cm³/mol. The number of hydrogen-bond donors (Lipinski definition) is 2. The molecule has 1 fully saturated rings. The highest BCUT2D eigenvalue weighted by Gasteiger charge is 2.44. The average molecular weight is 406 g/mol. The van der Waals surface area contributed by atoms with Gasteiger partial charge in [0.1, 0.15) is 12.6 Å². The van der Waals surface area contributed by atoms with Gasteiger partial charge in [0.15, 0.2) is 0 Å². The Morgan fingerprint density at radius 2 is 2.00 bits per heavy atom. The van der Waals surface area contributed by atoms with Crippen molar-refractivity contribution >= 4 is 39.9 Å². The van der Waals surface area contributed by atoms with Gasteiger partial charge in [0.05, 0.1) is 0 Å². The number of aliphatic hydroxyl groups excluding tert-OH is 1. The van der Waals surface area contributed by atoms with Gasteiger partial charge in [-0.25, -0.2) is 8.78 Å². The first kappa shape index (κ1) is 19.1. The average Bonchev–Trinajstić information content (AvgIpc) is 2.44. The molecule has 0 aliphatic carbocycles. The van der Waals surface area contributed by atoms with E-state index in [0.29, 0.717) is 36.2 Å². The van der Waals surface area contributed by atoms with Crippen molar-refractivity contribution in [3.63, 3.8) is 0 Å². The Balaban J connectivity index is 0.00000220. The number of piperazine rings is 1. The number of nitrogens with zero attached hydrogens (tertiary/aromatic N) is 1. The summed E-state index contributed by atoms with van der Waals surface area (Å²) in [5.41, 5.74) is 0.335. The summed E-state index contributed by atoms with van der Waals surface area (Å²) in [6.45, 7) is 1.06. The summed E-state index contributed by atoms with van der Waals surface area (Å²) in [7, 11) is 0. The molecule has 8 heteroatoms. The number of aliphatic hydroxyl groups is 1. The number of hydrogen-bond acceptors (Lipinski definition) is 3. The first-order chi connectivity index (χ1) is 9.45. The van der Waals surface area contributed by atoms with Crippen LogP contribution in [0.2, 0.25) is 5.02 Å². The molecule has 0 unspecified atom stereocenters. The Morgan fingerprint density at radius 3 is 2.57 bits per heavy atom. The van der Waals surface area contributed by atoms with Crippen LogP contribution in [0.5, 0.6) is 0 Å². The van der Waals surface area contributed by atoms with Gasteiger partial charge in [-0.3, -0.25) is 4.90 Å². The molecule has 1 aliphatic rings. The molecule has 0 radical (unpaired) electrons. The minimum absolute atomic E-state index is 0. The summed E-state index contributed by atoms with van der Waals surface area (Å²) in [5, 5.41) is 12.5. The van der Waals surface area contributed by atoms with Gasteiger partial charge in [-0.05, 0) is 23.8 Å². The lowest BCUT2D eigenvalue weighted by Crippen LogP contribution is -2.51. The van der Waals surface area contributed by atoms with Crippen molar-refractivity contribution in [3.8, 4) is 0 Å². The van der Waals surface area contributed by atoms with Gasteiger partial charge in [0.2, 0.25) is 0 Å². The molecule has 1 aliphatic heterocycles. The molecule has 2 rings (SSSR count). The van der Waals surface area contributed by atoms with Crippen LogP contribution in [0, 0.1) is 0 Å². The van der Waals surface area contributed by atoms with Crippen molar-refractivity contribution in [2.45, 2.75) is 12.0 Å². The predicted octanol–water partition coefficient (Wildman–Crippen LogP) is 3.10. The molecule has 21 heavy (non-hydrogen) atoms. The molecule has 0 spiro atoms. The number of nitrogens with one attached hydrogen (secondary N) is 1. The largest absolute Gasteiger partial charge is 0.390 e. The second kappa shape index (κ2) is 8.04. The van der Waals surface area contributed by atoms with E-state index in [1.807, 2.05) is 0 Å². The lowest BCUT2D eigenvalue weighted by molar-refractivity contribution is -0.118. The van der Waals surface area contributed by atoms with E-state index >= 15 is 0 Å². The Bertz CT molecular complexity index is 473. The highest BCUT2D eigenvalue weighted by atomic mass is 79.9. The van der Waals surface area contributed by atoms with Crippen LogP contribution in [0.3, 0.4) is 0 Å². The third-order valence-electron chi connectivity index (χ3n) is 3.38. The van der Waals surface area contributed by atoms with Gasteiger partial charge in [-0.15, -0.1) is 12.4 Å².